The van der Waals surface area contributed by atoms with E-state index in [4.69, 9.17) is 9.72 Å². The van der Waals surface area contributed by atoms with Crippen molar-refractivity contribution in [2.75, 3.05) is 27.2 Å². The Balaban J connectivity index is 1.32. The van der Waals surface area contributed by atoms with Gasteiger partial charge in [-0.15, -0.1) is 0 Å². The Morgan fingerprint density at radius 1 is 1.17 bits per heavy atom. The number of aromatic amines is 1. The summed E-state index contributed by atoms with van der Waals surface area (Å²) in [6, 6.07) is 14.7. The minimum atomic E-state index is -0.653. The van der Waals surface area contributed by atoms with Crippen molar-refractivity contribution in [1.29, 1.82) is 0 Å². The summed E-state index contributed by atoms with van der Waals surface area (Å²) in [5, 5.41) is 11.6. The summed E-state index contributed by atoms with van der Waals surface area (Å²) in [5.74, 6) is 2.39. The second-order valence-corrected chi connectivity index (χ2v) is 10.3. The van der Waals surface area contributed by atoms with E-state index in [2.05, 4.69) is 80.2 Å². The summed E-state index contributed by atoms with van der Waals surface area (Å²) in [6.07, 6.45) is 6.91. The normalized spacial score (nSPS) is 22.5. The smallest absolute Gasteiger partial charge is 0.144 e. The number of aliphatic hydroxyl groups is 1. The third-order valence-electron chi connectivity index (χ3n) is 7.87. The maximum Gasteiger partial charge on any atom is 0.144 e. The summed E-state index contributed by atoms with van der Waals surface area (Å²) in [5.41, 5.74) is 5.18. The maximum atomic E-state index is 11.6. The number of ether oxygens (including phenoxy) is 1. The fourth-order valence-electron chi connectivity index (χ4n) is 5.49. The first-order valence-electron chi connectivity index (χ1n) is 13.0. The third kappa shape index (κ3) is 5.62. The molecule has 1 aliphatic rings. The van der Waals surface area contributed by atoms with Crippen LogP contribution in [0.15, 0.2) is 48.5 Å². The van der Waals surface area contributed by atoms with Crippen molar-refractivity contribution in [2.24, 2.45) is 11.8 Å². The van der Waals surface area contributed by atoms with Crippen LogP contribution in [-0.2, 0) is 6.42 Å². The number of imidazole rings is 1. The molecule has 0 fully saturated rings. The molecule has 0 aliphatic heterocycles. The molecule has 188 valence electrons. The first-order chi connectivity index (χ1) is 16.8. The van der Waals surface area contributed by atoms with Gasteiger partial charge in [-0.2, -0.15) is 0 Å². The zero-order valence-corrected chi connectivity index (χ0v) is 22.0. The van der Waals surface area contributed by atoms with Gasteiger partial charge in [-0.05, 0) is 74.9 Å². The van der Waals surface area contributed by atoms with Gasteiger partial charge in [0.2, 0.25) is 0 Å². The number of benzene rings is 2. The molecular weight excluding hydrogens is 434 g/mol. The highest BCUT2D eigenvalue weighted by atomic mass is 16.5. The van der Waals surface area contributed by atoms with Crippen LogP contribution in [0.25, 0.3) is 16.6 Å². The van der Waals surface area contributed by atoms with E-state index in [1.54, 1.807) is 7.11 Å². The largest absolute Gasteiger partial charge is 0.494 e. The second kappa shape index (κ2) is 11.0. The predicted molar refractivity (Wildman–Crippen MR) is 145 cm³/mol. The molecule has 3 aromatic rings. The predicted octanol–water partition coefficient (Wildman–Crippen LogP) is 6.02. The lowest BCUT2D eigenvalue weighted by Crippen LogP contribution is -2.43. The average molecular weight is 476 g/mol. The van der Waals surface area contributed by atoms with Gasteiger partial charge in [0, 0.05) is 18.9 Å². The molecule has 0 unspecified atom stereocenters. The van der Waals surface area contributed by atoms with Gasteiger partial charge in [0.25, 0.3) is 0 Å². The molecule has 3 atom stereocenters. The molecule has 0 saturated carbocycles. The quantitative estimate of drug-likeness (QED) is 0.377. The van der Waals surface area contributed by atoms with Crippen LogP contribution in [0.3, 0.4) is 0 Å². The van der Waals surface area contributed by atoms with Gasteiger partial charge in [0.05, 0.1) is 18.2 Å². The lowest BCUT2D eigenvalue weighted by molar-refractivity contribution is -0.0298. The molecule has 0 amide bonds. The molecule has 0 saturated heterocycles. The Kier molecular flexibility index (Phi) is 7.98. The Hall–Kier alpha value is -2.63. The molecule has 0 spiro atoms. The zero-order valence-electron chi connectivity index (χ0n) is 22.0. The standard InChI is InChI=1S/C30H41N3O2/c1-6-23-20-30(34,22(3)19-25(23)24-11-8-7-9-12-24)16-18-33(4)17-10-13-27-31-28-21(2)14-15-26(35-5)29(28)32-27/h7-9,11-12,14-15,19,22-23,34H,6,10,13,16-18,20H2,1-5H3,(H,31,32)/t22-,23+,30-/m1/s1. The molecular formula is C30H41N3O2. The first kappa shape index (κ1) is 25.5. The van der Waals surface area contributed by atoms with Crippen LogP contribution in [0.4, 0.5) is 0 Å². The Bertz CT molecular complexity index is 1150. The third-order valence-corrected chi connectivity index (χ3v) is 7.87. The first-order valence-corrected chi connectivity index (χ1v) is 13.0. The number of nitrogens with zero attached hydrogens (tertiary/aromatic N) is 2. The highest BCUT2D eigenvalue weighted by Gasteiger charge is 2.39. The van der Waals surface area contributed by atoms with Crippen molar-refractivity contribution in [2.45, 2.75) is 58.5 Å². The van der Waals surface area contributed by atoms with Gasteiger partial charge < -0.3 is 19.7 Å². The van der Waals surface area contributed by atoms with Crippen LogP contribution >= 0.6 is 0 Å². The number of aryl methyl sites for hydroxylation is 2. The summed E-state index contributed by atoms with van der Waals surface area (Å²) >= 11 is 0. The van der Waals surface area contributed by atoms with Gasteiger partial charge in [-0.1, -0.05) is 56.3 Å². The van der Waals surface area contributed by atoms with E-state index in [1.165, 1.54) is 11.1 Å². The van der Waals surface area contributed by atoms with Crippen molar-refractivity contribution in [3.63, 3.8) is 0 Å². The summed E-state index contributed by atoms with van der Waals surface area (Å²) < 4.78 is 5.49. The van der Waals surface area contributed by atoms with E-state index >= 15 is 0 Å². The highest BCUT2D eigenvalue weighted by Crippen LogP contribution is 2.43. The van der Waals surface area contributed by atoms with Gasteiger partial charge in [0.15, 0.2) is 0 Å². The minimum Gasteiger partial charge on any atom is -0.494 e. The molecule has 35 heavy (non-hydrogen) atoms. The van der Waals surface area contributed by atoms with E-state index in [-0.39, 0.29) is 5.92 Å². The van der Waals surface area contributed by atoms with E-state index in [0.717, 1.165) is 73.4 Å². The Labute approximate surface area is 210 Å². The molecule has 0 radical (unpaired) electrons. The van der Waals surface area contributed by atoms with E-state index < -0.39 is 5.60 Å². The number of allylic oxidation sites excluding steroid dienone is 1. The van der Waals surface area contributed by atoms with Crippen molar-refractivity contribution in [1.82, 2.24) is 14.9 Å². The van der Waals surface area contributed by atoms with Crippen LogP contribution in [0.2, 0.25) is 0 Å². The Morgan fingerprint density at radius 3 is 2.66 bits per heavy atom. The average Bonchev–Trinajstić information content (AvgIpc) is 3.30. The fraction of sp³-hybridized carbons (Fsp3) is 0.500. The monoisotopic (exact) mass is 475 g/mol. The number of aromatic nitrogens is 2. The topological polar surface area (TPSA) is 61.4 Å². The number of hydrogen-bond acceptors (Lipinski definition) is 4. The number of H-pyrrole nitrogens is 1. The SMILES string of the molecule is CC[C@H]1C[C@](O)(CCN(C)CCCc2nc3c(C)ccc(OC)c3[nH]2)[C@H](C)C=C1c1ccccc1. The number of fused-ring (bicyclic) bond motifs is 1. The van der Waals surface area contributed by atoms with Crippen LogP contribution in [0.1, 0.15) is 56.5 Å². The van der Waals surface area contributed by atoms with E-state index in [9.17, 15) is 5.11 Å². The van der Waals surface area contributed by atoms with E-state index in [0.29, 0.717) is 5.92 Å². The van der Waals surface area contributed by atoms with E-state index in [1.807, 2.05) is 6.07 Å². The molecule has 5 heteroatoms. The van der Waals surface area contributed by atoms with Crippen molar-refractivity contribution < 1.29 is 9.84 Å². The molecule has 1 heterocycles. The molecule has 0 bridgehead atoms. The van der Waals surface area contributed by atoms with Crippen LogP contribution in [0, 0.1) is 18.8 Å². The molecule has 4 rings (SSSR count). The molecule has 2 N–H and O–H groups in total. The van der Waals surface area contributed by atoms with Crippen LogP contribution in [0.5, 0.6) is 5.75 Å². The zero-order chi connectivity index (χ0) is 25.0. The van der Waals surface area contributed by atoms with Gasteiger partial charge in [-0.25, -0.2) is 4.98 Å². The minimum absolute atomic E-state index is 0.141. The number of rotatable bonds is 10. The van der Waals surface area contributed by atoms with Crippen molar-refractivity contribution in [3.05, 3.63) is 65.5 Å². The summed E-state index contributed by atoms with van der Waals surface area (Å²) in [6.45, 7) is 8.35. The van der Waals surface area contributed by atoms with Crippen molar-refractivity contribution in [3.8, 4) is 5.75 Å². The van der Waals surface area contributed by atoms with Crippen LogP contribution < -0.4 is 4.74 Å². The van der Waals surface area contributed by atoms with Gasteiger partial charge in [-0.3, -0.25) is 0 Å². The fourth-order valence-corrected chi connectivity index (χ4v) is 5.49. The van der Waals surface area contributed by atoms with Crippen molar-refractivity contribution >= 4 is 16.6 Å². The Morgan fingerprint density at radius 2 is 1.94 bits per heavy atom. The maximum absolute atomic E-state index is 11.6. The molecule has 1 aromatic heterocycles. The summed E-state index contributed by atoms with van der Waals surface area (Å²) in [7, 11) is 3.85. The molecule has 2 aromatic carbocycles. The number of methoxy groups -OCH3 is 1. The van der Waals surface area contributed by atoms with Gasteiger partial charge >= 0.3 is 0 Å². The molecule has 1 aliphatic carbocycles. The lowest BCUT2D eigenvalue weighted by atomic mass is 9.68. The van der Waals surface area contributed by atoms with Crippen LogP contribution in [-0.4, -0.2) is 52.8 Å². The number of hydrogen-bond donors (Lipinski definition) is 2. The summed E-state index contributed by atoms with van der Waals surface area (Å²) in [4.78, 5) is 10.6. The molecule has 5 nitrogen and oxygen atoms in total. The highest BCUT2D eigenvalue weighted by molar-refractivity contribution is 5.84. The lowest BCUT2D eigenvalue weighted by Gasteiger charge is -2.42. The number of nitrogens with one attached hydrogen (secondary N) is 1. The van der Waals surface area contributed by atoms with Gasteiger partial charge in [0.1, 0.15) is 17.1 Å². The second-order valence-electron chi connectivity index (χ2n) is 10.3.